The van der Waals surface area contributed by atoms with E-state index >= 15 is 0 Å². The predicted molar refractivity (Wildman–Crippen MR) is 82.2 cm³/mol. The van der Waals surface area contributed by atoms with Crippen LogP contribution in [0.15, 0.2) is 42.5 Å². The molecule has 0 spiro atoms. The van der Waals surface area contributed by atoms with E-state index in [4.69, 9.17) is 4.74 Å². The molecule has 0 radical (unpaired) electrons. The lowest BCUT2D eigenvalue weighted by molar-refractivity contribution is 0.0568. The molecule has 0 saturated carbocycles. The van der Waals surface area contributed by atoms with E-state index < -0.39 is 5.60 Å². The van der Waals surface area contributed by atoms with Crippen molar-refractivity contribution in [3.05, 3.63) is 64.7 Å². The van der Waals surface area contributed by atoms with Gasteiger partial charge < -0.3 is 9.84 Å². The first kappa shape index (κ1) is 14.6. The van der Waals surface area contributed by atoms with Gasteiger partial charge in [-0.2, -0.15) is 0 Å². The predicted octanol–water partition coefficient (Wildman–Crippen LogP) is 3.76. The molecule has 0 aromatic heterocycles. The van der Waals surface area contributed by atoms with E-state index in [0.717, 1.165) is 16.9 Å². The molecule has 0 bridgehead atoms. The van der Waals surface area contributed by atoms with Crippen molar-refractivity contribution >= 4 is 0 Å². The molecule has 2 nitrogen and oxygen atoms in total. The third-order valence-corrected chi connectivity index (χ3v) is 3.57. The van der Waals surface area contributed by atoms with Crippen LogP contribution in [0.4, 0.5) is 0 Å². The van der Waals surface area contributed by atoms with Crippen LogP contribution < -0.4 is 4.74 Å². The minimum atomic E-state index is -0.911. The summed E-state index contributed by atoms with van der Waals surface area (Å²) in [6.07, 6.45) is 0.528. The number of benzene rings is 2. The van der Waals surface area contributed by atoms with Crippen LogP contribution in [0.3, 0.4) is 0 Å². The Labute approximate surface area is 121 Å². The van der Waals surface area contributed by atoms with Crippen LogP contribution in [0, 0.1) is 13.8 Å². The number of aryl methyl sites for hydroxylation is 2. The van der Waals surface area contributed by atoms with Gasteiger partial charge >= 0.3 is 0 Å². The molecule has 2 heteroatoms. The highest BCUT2D eigenvalue weighted by Crippen LogP contribution is 2.30. The van der Waals surface area contributed by atoms with Crippen LogP contribution in [0.1, 0.15) is 29.2 Å². The summed E-state index contributed by atoms with van der Waals surface area (Å²) in [5.74, 6) is 0.817. The molecule has 0 aliphatic heterocycles. The van der Waals surface area contributed by atoms with E-state index in [2.05, 4.69) is 19.9 Å². The third kappa shape index (κ3) is 3.20. The zero-order chi connectivity index (χ0) is 14.8. The van der Waals surface area contributed by atoms with Crippen molar-refractivity contribution in [1.82, 2.24) is 0 Å². The lowest BCUT2D eigenvalue weighted by Crippen LogP contribution is -2.24. The van der Waals surface area contributed by atoms with Gasteiger partial charge in [0.15, 0.2) is 0 Å². The molecule has 0 amide bonds. The maximum Gasteiger partial charge on any atom is 0.122 e. The van der Waals surface area contributed by atoms with Crippen molar-refractivity contribution < 1.29 is 9.84 Å². The van der Waals surface area contributed by atoms with Crippen molar-refractivity contribution in [2.75, 3.05) is 7.11 Å². The fourth-order valence-corrected chi connectivity index (χ4v) is 2.61. The molecule has 106 valence electrons. The third-order valence-electron chi connectivity index (χ3n) is 3.57. The van der Waals surface area contributed by atoms with E-state index in [9.17, 15) is 5.11 Å². The van der Waals surface area contributed by atoms with Crippen LogP contribution in [-0.4, -0.2) is 12.2 Å². The van der Waals surface area contributed by atoms with Gasteiger partial charge in [0.25, 0.3) is 0 Å². The Bertz CT molecular complexity index is 580. The first-order valence-electron chi connectivity index (χ1n) is 6.85. The highest BCUT2D eigenvalue weighted by atomic mass is 16.5. The lowest BCUT2D eigenvalue weighted by atomic mass is 9.87. The second kappa shape index (κ2) is 5.68. The molecule has 2 aromatic rings. The van der Waals surface area contributed by atoms with Gasteiger partial charge in [-0.15, -0.1) is 0 Å². The molecular formula is C18H22O2. The smallest absolute Gasteiger partial charge is 0.122 e. The van der Waals surface area contributed by atoms with Crippen molar-refractivity contribution in [1.29, 1.82) is 0 Å². The van der Waals surface area contributed by atoms with E-state index in [-0.39, 0.29) is 0 Å². The molecule has 1 unspecified atom stereocenters. The van der Waals surface area contributed by atoms with Gasteiger partial charge in [-0.3, -0.25) is 0 Å². The van der Waals surface area contributed by atoms with Crippen LogP contribution in [-0.2, 0) is 12.0 Å². The van der Waals surface area contributed by atoms with Gasteiger partial charge in [-0.1, -0.05) is 47.5 Å². The Hall–Kier alpha value is -1.80. The first-order valence-corrected chi connectivity index (χ1v) is 6.85. The Morgan fingerprint density at radius 1 is 1.05 bits per heavy atom. The van der Waals surface area contributed by atoms with Crippen LogP contribution >= 0.6 is 0 Å². The minimum absolute atomic E-state index is 0.528. The van der Waals surface area contributed by atoms with Gasteiger partial charge in [-0.25, -0.2) is 0 Å². The zero-order valence-electron chi connectivity index (χ0n) is 12.6. The first-order chi connectivity index (χ1) is 9.42. The van der Waals surface area contributed by atoms with Gasteiger partial charge in [0.1, 0.15) is 5.75 Å². The van der Waals surface area contributed by atoms with Gasteiger partial charge in [-0.05, 0) is 38.0 Å². The minimum Gasteiger partial charge on any atom is -0.496 e. The molecule has 0 saturated heterocycles. The summed E-state index contributed by atoms with van der Waals surface area (Å²) in [6.45, 7) is 5.96. The Morgan fingerprint density at radius 3 is 2.25 bits per heavy atom. The number of para-hydroxylation sites is 1. The molecule has 1 atom stereocenters. The molecule has 0 heterocycles. The van der Waals surface area contributed by atoms with E-state index in [1.54, 1.807) is 7.11 Å². The highest BCUT2D eigenvalue weighted by molar-refractivity contribution is 5.38. The number of ether oxygens (including phenoxy) is 1. The SMILES string of the molecule is COc1ccccc1CC(C)(O)c1cc(C)cc(C)c1. The van der Waals surface area contributed by atoms with E-state index in [1.807, 2.05) is 43.3 Å². The molecule has 2 rings (SSSR count). The van der Waals surface area contributed by atoms with Crippen molar-refractivity contribution in [2.45, 2.75) is 32.8 Å². The maximum atomic E-state index is 10.9. The number of hydrogen-bond donors (Lipinski definition) is 1. The molecule has 0 aliphatic carbocycles. The average molecular weight is 270 g/mol. The number of methoxy groups -OCH3 is 1. The Morgan fingerprint density at radius 2 is 1.65 bits per heavy atom. The summed E-state index contributed by atoms with van der Waals surface area (Å²) >= 11 is 0. The van der Waals surface area contributed by atoms with Gasteiger partial charge in [0.05, 0.1) is 12.7 Å². The summed E-state index contributed by atoms with van der Waals surface area (Å²) in [6, 6.07) is 14.0. The molecular weight excluding hydrogens is 248 g/mol. The summed E-state index contributed by atoms with van der Waals surface area (Å²) in [4.78, 5) is 0. The maximum absolute atomic E-state index is 10.9. The lowest BCUT2D eigenvalue weighted by Gasteiger charge is -2.26. The number of aliphatic hydroxyl groups is 1. The number of hydrogen-bond acceptors (Lipinski definition) is 2. The zero-order valence-corrected chi connectivity index (χ0v) is 12.6. The average Bonchev–Trinajstić information content (AvgIpc) is 2.38. The Balaban J connectivity index is 2.35. The summed E-state index contributed by atoms with van der Waals surface area (Å²) in [7, 11) is 1.66. The van der Waals surface area contributed by atoms with Crippen LogP contribution in [0.25, 0.3) is 0 Å². The van der Waals surface area contributed by atoms with Crippen LogP contribution in [0.2, 0.25) is 0 Å². The van der Waals surface area contributed by atoms with E-state index in [0.29, 0.717) is 6.42 Å². The van der Waals surface area contributed by atoms with Crippen molar-refractivity contribution in [2.24, 2.45) is 0 Å². The van der Waals surface area contributed by atoms with Gasteiger partial charge in [0, 0.05) is 6.42 Å². The topological polar surface area (TPSA) is 29.5 Å². The fourth-order valence-electron chi connectivity index (χ4n) is 2.61. The van der Waals surface area contributed by atoms with Crippen molar-refractivity contribution in [3.63, 3.8) is 0 Å². The van der Waals surface area contributed by atoms with Crippen molar-refractivity contribution in [3.8, 4) is 5.75 Å². The molecule has 1 N–H and O–H groups in total. The normalized spacial score (nSPS) is 13.8. The second-order valence-electron chi connectivity index (χ2n) is 5.64. The molecule has 2 aromatic carbocycles. The standard InChI is InChI=1S/C18H22O2/c1-13-9-14(2)11-16(10-13)18(3,19)12-15-7-5-6-8-17(15)20-4/h5-11,19H,12H2,1-4H3. The summed E-state index contributed by atoms with van der Waals surface area (Å²) in [5.41, 5.74) is 3.38. The monoisotopic (exact) mass is 270 g/mol. The number of rotatable bonds is 4. The highest BCUT2D eigenvalue weighted by Gasteiger charge is 2.25. The second-order valence-corrected chi connectivity index (χ2v) is 5.64. The largest absolute Gasteiger partial charge is 0.496 e. The fraction of sp³-hybridized carbons (Fsp3) is 0.333. The quantitative estimate of drug-likeness (QED) is 0.916. The van der Waals surface area contributed by atoms with Crippen LogP contribution in [0.5, 0.6) is 5.75 Å². The van der Waals surface area contributed by atoms with Gasteiger partial charge in [0.2, 0.25) is 0 Å². The van der Waals surface area contributed by atoms with E-state index in [1.165, 1.54) is 11.1 Å². The Kier molecular flexibility index (Phi) is 4.15. The molecule has 20 heavy (non-hydrogen) atoms. The summed E-state index contributed by atoms with van der Waals surface area (Å²) < 4.78 is 5.36. The molecule has 0 aliphatic rings. The summed E-state index contributed by atoms with van der Waals surface area (Å²) in [5, 5.41) is 10.9. The molecule has 0 fully saturated rings.